The average molecular weight is 391 g/mol. The number of aryl methyl sites for hydroxylation is 1. The molecule has 0 aliphatic carbocycles. The number of anilines is 1. The summed E-state index contributed by atoms with van der Waals surface area (Å²) in [7, 11) is -4.28. The maximum absolute atomic E-state index is 12.8. The summed E-state index contributed by atoms with van der Waals surface area (Å²) in [6, 6.07) is 10.1. The van der Waals surface area contributed by atoms with Crippen LogP contribution >= 0.6 is 0 Å². The average Bonchev–Trinajstić information content (AvgIpc) is 2.59. The van der Waals surface area contributed by atoms with Crippen molar-refractivity contribution in [2.45, 2.75) is 25.7 Å². The van der Waals surface area contributed by atoms with Gasteiger partial charge in [-0.05, 0) is 30.5 Å². The summed E-state index contributed by atoms with van der Waals surface area (Å²) in [5.41, 5.74) is -0.100. The van der Waals surface area contributed by atoms with Crippen molar-refractivity contribution >= 4 is 27.3 Å². The predicted octanol–water partition coefficient (Wildman–Crippen LogP) is 3.09. The Labute approximate surface area is 157 Å². The van der Waals surface area contributed by atoms with Crippen molar-refractivity contribution in [2.75, 3.05) is 11.3 Å². The number of nitro benzene ring substituents is 1. The Balaban J connectivity index is 2.44. The van der Waals surface area contributed by atoms with Crippen LogP contribution in [-0.4, -0.2) is 25.8 Å². The number of nitro groups is 1. The summed E-state index contributed by atoms with van der Waals surface area (Å²) in [5.74, 6) is -0.200. The molecule has 2 N–H and O–H groups in total. The summed E-state index contributed by atoms with van der Waals surface area (Å²) in [5, 5.41) is 14.0. The van der Waals surface area contributed by atoms with Crippen LogP contribution in [0.5, 0.6) is 0 Å². The molecule has 0 bridgehead atoms. The minimum Gasteiger partial charge on any atom is -0.352 e. The largest absolute Gasteiger partial charge is 0.352 e. The summed E-state index contributed by atoms with van der Waals surface area (Å²) in [6.07, 6.45) is 0. The molecule has 0 heterocycles. The van der Waals surface area contributed by atoms with Crippen LogP contribution in [0.2, 0.25) is 0 Å². The molecule has 0 aliphatic rings. The molecule has 0 aromatic heterocycles. The fourth-order valence-electron chi connectivity index (χ4n) is 2.49. The standard InChI is InChI=1S/C18H21N3O5S/c1-12(2)11-19-18(22)14-8-4-5-9-15(14)20-27(25,26)17-13(3)7-6-10-16(17)21(23)24/h4-10,12,20H,11H2,1-3H3,(H,19,22). The Bertz CT molecular complexity index is 971. The Hall–Kier alpha value is -2.94. The van der Waals surface area contributed by atoms with Crippen molar-refractivity contribution in [2.24, 2.45) is 5.92 Å². The topological polar surface area (TPSA) is 118 Å². The zero-order valence-electron chi connectivity index (χ0n) is 15.2. The van der Waals surface area contributed by atoms with E-state index in [1.807, 2.05) is 13.8 Å². The third kappa shape index (κ3) is 4.82. The molecule has 0 aliphatic heterocycles. The molecule has 0 unspecified atom stereocenters. The van der Waals surface area contributed by atoms with Crippen LogP contribution in [0, 0.1) is 23.0 Å². The van der Waals surface area contributed by atoms with Crippen LogP contribution in [0.15, 0.2) is 47.4 Å². The maximum atomic E-state index is 12.8. The molecule has 8 nitrogen and oxygen atoms in total. The number of hydrogen-bond acceptors (Lipinski definition) is 5. The lowest BCUT2D eigenvalue weighted by Crippen LogP contribution is -2.28. The molecule has 0 saturated carbocycles. The number of nitrogens with one attached hydrogen (secondary N) is 2. The van der Waals surface area contributed by atoms with Gasteiger partial charge in [-0.3, -0.25) is 19.6 Å². The zero-order valence-corrected chi connectivity index (χ0v) is 16.0. The van der Waals surface area contributed by atoms with Crippen LogP contribution in [0.1, 0.15) is 29.8 Å². The second-order valence-corrected chi connectivity index (χ2v) is 8.05. The Morgan fingerprint density at radius 1 is 1.15 bits per heavy atom. The van der Waals surface area contributed by atoms with Crippen molar-refractivity contribution in [1.29, 1.82) is 0 Å². The number of hydrogen-bond donors (Lipinski definition) is 2. The fourth-order valence-corrected chi connectivity index (χ4v) is 3.97. The van der Waals surface area contributed by atoms with Gasteiger partial charge in [0.2, 0.25) is 0 Å². The maximum Gasteiger partial charge on any atom is 0.290 e. The number of amides is 1. The van der Waals surface area contributed by atoms with Crippen LogP contribution in [0.4, 0.5) is 11.4 Å². The first-order chi connectivity index (χ1) is 12.6. The van der Waals surface area contributed by atoms with Gasteiger partial charge < -0.3 is 5.32 Å². The van der Waals surface area contributed by atoms with Crippen molar-refractivity contribution in [3.63, 3.8) is 0 Å². The van der Waals surface area contributed by atoms with Crippen LogP contribution in [0.25, 0.3) is 0 Å². The Morgan fingerprint density at radius 2 is 1.81 bits per heavy atom. The predicted molar refractivity (Wildman–Crippen MR) is 102 cm³/mol. The summed E-state index contributed by atoms with van der Waals surface area (Å²) in [4.78, 5) is 22.5. The zero-order chi connectivity index (χ0) is 20.2. The van der Waals surface area contributed by atoms with Crippen molar-refractivity contribution < 1.29 is 18.1 Å². The van der Waals surface area contributed by atoms with E-state index in [0.717, 1.165) is 6.07 Å². The van der Waals surface area contributed by atoms with E-state index in [1.54, 1.807) is 12.1 Å². The smallest absolute Gasteiger partial charge is 0.290 e. The number of para-hydroxylation sites is 1. The van der Waals surface area contributed by atoms with Gasteiger partial charge in [0.15, 0.2) is 4.90 Å². The van der Waals surface area contributed by atoms with Crippen molar-refractivity contribution in [1.82, 2.24) is 5.32 Å². The van der Waals surface area contributed by atoms with E-state index < -0.39 is 31.4 Å². The molecule has 0 atom stereocenters. The number of benzene rings is 2. The lowest BCUT2D eigenvalue weighted by atomic mass is 10.1. The third-order valence-corrected chi connectivity index (χ3v) is 5.30. The first-order valence-corrected chi connectivity index (χ1v) is 9.76. The van der Waals surface area contributed by atoms with E-state index in [9.17, 15) is 23.3 Å². The highest BCUT2D eigenvalue weighted by Crippen LogP contribution is 2.29. The van der Waals surface area contributed by atoms with Crippen LogP contribution in [0.3, 0.4) is 0 Å². The quantitative estimate of drug-likeness (QED) is 0.555. The van der Waals surface area contributed by atoms with Gasteiger partial charge in [-0.25, -0.2) is 8.42 Å². The van der Waals surface area contributed by atoms with Gasteiger partial charge in [0.1, 0.15) is 0 Å². The normalized spacial score (nSPS) is 11.3. The van der Waals surface area contributed by atoms with E-state index in [2.05, 4.69) is 10.0 Å². The van der Waals surface area contributed by atoms with Crippen LogP contribution < -0.4 is 10.0 Å². The van der Waals surface area contributed by atoms with Gasteiger partial charge in [-0.15, -0.1) is 0 Å². The number of rotatable bonds is 7. The molecular weight excluding hydrogens is 370 g/mol. The molecule has 2 aromatic carbocycles. The van der Waals surface area contributed by atoms with E-state index in [4.69, 9.17) is 0 Å². The molecule has 1 amide bonds. The molecular formula is C18H21N3O5S. The fraction of sp³-hybridized carbons (Fsp3) is 0.278. The van der Waals surface area contributed by atoms with Gasteiger partial charge in [0.05, 0.1) is 16.2 Å². The van der Waals surface area contributed by atoms with Crippen LogP contribution in [-0.2, 0) is 10.0 Å². The molecule has 2 aromatic rings. The molecule has 0 radical (unpaired) electrons. The lowest BCUT2D eigenvalue weighted by molar-refractivity contribution is -0.387. The van der Waals surface area contributed by atoms with Gasteiger partial charge in [0, 0.05) is 12.6 Å². The molecule has 9 heteroatoms. The number of sulfonamides is 1. The molecule has 27 heavy (non-hydrogen) atoms. The van der Waals surface area contributed by atoms with E-state index in [0.29, 0.717) is 6.54 Å². The lowest BCUT2D eigenvalue weighted by Gasteiger charge is -2.14. The molecule has 2 rings (SSSR count). The highest BCUT2D eigenvalue weighted by atomic mass is 32.2. The third-order valence-electron chi connectivity index (χ3n) is 3.74. The number of carbonyl (C=O) groups is 1. The molecule has 144 valence electrons. The Kier molecular flexibility index (Phi) is 6.17. The van der Waals surface area contributed by atoms with Gasteiger partial charge in [-0.1, -0.05) is 38.1 Å². The van der Waals surface area contributed by atoms with E-state index >= 15 is 0 Å². The van der Waals surface area contributed by atoms with Gasteiger partial charge in [-0.2, -0.15) is 0 Å². The molecule has 0 spiro atoms. The van der Waals surface area contributed by atoms with Gasteiger partial charge in [0.25, 0.3) is 21.6 Å². The van der Waals surface area contributed by atoms with Crippen molar-refractivity contribution in [3.05, 3.63) is 63.7 Å². The van der Waals surface area contributed by atoms with Crippen molar-refractivity contribution in [3.8, 4) is 0 Å². The molecule has 0 saturated heterocycles. The first-order valence-electron chi connectivity index (χ1n) is 8.27. The summed E-state index contributed by atoms with van der Waals surface area (Å²) in [6.45, 7) is 5.78. The number of nitrogens with zero attached hydrogens (tertiary/aromatic N) is 1. The number of carbonyl (C=O) groups excluding carboxylic acids is 1. The SMILES string of the molecule is Cc1cccc([N+](=O)[O-])c1S(=O)(=O)Nc1ccccc1C(=O)NCC(C)C. The summed E-state index contributed by atoms with van der Waals surface area (Å²) < 4.78 is 28.0. The monoisotopic (exact) mass is 391 g/mol. The first kappa shape index (κ1) is 20.4. The highest BCUT2D eigenvalue weighted by Gasteiger charge is 2.29. The Morgan fingerprint density at radius 3 is 2.44 bits per heavy atom. The molecule has 0 fully saturated rings. The van der Waals surface area contributed by atoms with E-state index in [1.165, 1.54) is 31.2 Å². The minimum absolute atomic E-state index is 0.0521. The minimum atomic E-state index is -4.28. The van der Waals surface area contributed by atoms with E-state index in [-0.39, 0.29) is 22.7 Å². The second kappa shape index (κ2) is 8.17. The second-order valence-electron chi connectivity index (χ2n) is 6.44. The highest BCUT2D eigenvalue weighted by molar-refractivity contribution is 7.93. The summed E-state index contributed by atoms with van der Waals surface area (Å²) >= 11 is 0. The van der Waals surface area contributed by atoms with Gasteiger partial charge >= 0.3 is 0 Å².